The predicted molar refractivity (Wildman–Crippen MR) is 145 cm³/mol. The molecule has 1 fully saturated rings. The van der Waals surface area contributed by atoms with Gasteiger partial charge >= 0.3 is 0 Å². The van der Waals surface area contributed by atoms with Crippen LogP contribution >= 0.6 is 0 Å². The van der Waals surface area contributed by atoms with E-state index >= 15 is 0 Å². The van der Waals surface area contributed by atoms with Crippen LogP contribution in [0.3, 0.4) is 0 Å². The minimum absolute atomic E-state index is 0.118. The maximum atomic E-state index is 13.9. The number of aryl methyl sites for hydroxylation is 1. The Morgan fingerprint density at radius 1 is 1.05 bits per heavy atom. The molecule has 2 aromatic carbocycles. The highest BCUT2D eigenvalue weighted by molar-refractivity contribution is 5.99. The predicted octanol–water partition coefficient (Wildman–Crippen LogP) is 4.33. The lowest BCUT2D eigenvalue weighted by Crippen LogP contribution is -2.38. The number of fused-ring (bicyclic) bond motifs is 2. The topological polar surface area (TPSA) is 81.5 Å². The van der Waals surface area contributed by atoms with Gasteiger partial charge < -0.3 is 23.5 Å². The van der Waals surface area contributed by atoms with Gasteiger partial charge in [-0.2, -0.15) is 0 Å². The Kier molecular flexibility index (Phi) is 7.81. The highest BCUT2D eigenvalue weighted by atomic mass is 16.5. The number of carbonyl (C=O) groups excluding carboxylic acids is 1. The van der Waals surface area contributed by atoms with Crippen LogP contribution in [0.5, 0.6) is 11.5 Å². The molecule has 2 aliphatic rings. The van der Waals surface area contributed by atoms with Crippen molar-refractivity contribution in [2.75, 3.05) is 52.6 Å². The lowest BCUT2D eigenvalue weighted by Gasteiger charge is -2.29. The summed E-state index contributed by atoms with van der Waals surface area (Å²) >= 11 is 0. The molecule has 0 bridgehead atoms. The van der Waals surface area contributed by atoms with E-state index < -0.39 is 6.04 Å². The maximum absolute atomic E-state index is 13.9. The van der Waals surface area contributed by atoms with Crippen LogP contribution in [0.25, 0.3) is 11.0 Å². The average Bonchev–Trinajstić information content (AvgIpc) is 3.20. The monoisotopic (exact) mass is 518 g/mol. The third-order valence-electron chi connectivity index (χ3n) is 7.04. The third-order valence-corrected chi connectivity index (χ3v) is 7.04. The van der Waals surface area contributed by atoms with Gasteiger partial charge in [-0.1, -0.05) is 30.4 Å². The summed E-state index contributed by atoms with van der Waals surface area (Å²) in [5.74, 6) is 0.992. The summed E-state index contributed by atoms with van der Waals surface area (Å²) in [6.45, 7) is 12.9. The zero-order valence-electron chi connectivity index (χ0n) is 22.0. The van der Waals surface area contributed by atoms with Gasteiger partial charge in [0.15, 0.2) is 16.9 Å². The summed E-state index contributed by atoms with van der Waals surface area (Å²) < 4.78 is 23.2. The Hall–Kier alpha value is -3.62. The van der Waals surface area contributed by atoms with Crippen LogP contribution in [0.4, 0.5) is 0 Å². The lowest BCUT2D eigenvalue weighted by atomic mass is 9.97. The molecule has 1 unspecified atom stereocenters. The fourth-order valence-corrected chi connectivity index (χ4v) is 5.23. The molecule has 0 N–H and O–H groups in total. The molecular weight excluding hydrogens is 484 g/mol. The average molecular weight is 519 g/mol. The van der Waals surface area contributed by atoms with E-state index in [1.165, 1.54) is 0 Å². The Morgan fingerprint density at radius 2 is 1.87 bits per heavy atom. The number of hydrogen-bond donors (Lipinski definition) is 0. The molecule has 3 heterocycles. The molecule has 8 nitrogen and oxygen atoms in total. The van der Waals surface area contributed by atoms with Crippen LogP contribution in [0.15, 0.2) is 58.3 Å². The van der Waals surface area contributed by atoms with E-state index in [1.807, 2.05) is 44.2 Å². The third kappa shape index (κ3) is 5.06. The summed E-state index contributed by atoms with van der Waals surface area (Å²) in [5.41, 5.74) is 2.35. The van der Waals surface area contributed by atoms with Crippen LogP contribution in [-0.2, 0) is 4.74 Å². The Morgan fingerprint density at radius 3 is 2.63 bits per heavy atom. The first-order chi connectivity index (χ1) is 18.5. The molecule has 1 saturated heterocycles. The normalized spacial score (nSPS) is 17.6. The molecule has 1 amide bonds. The van der Waals surface area contributed by atoms with Crippen molar-refractivity contribution in [1.82, 2.24) is 9.80 Å². The standard InChI is InChI=1S/C30H34N2O6/c1-4-15-37-24-10-8-21(19-25(24)36-5-2)27-26-28(33)22-18-20(3)7-9-23(22)38-29(26)30(34)32(27)12-6-11-31-13-16-35-17-14-31/h4,7-10,18-19,27H,1,5-6,11-17H2,2-3H3. The number of ether oxygens (including phenoxy) is 3. The number of morpholine rings is 1. The number of hydrogen-bond acceptors (Lipinski definition) is 7. The van der Waals surface area contributed by atoms with E-state index in [0.717, 1.165) is 50.4 Å². The number of amides is 1. The van der Waals surface area contributed by atoms with Gasteiger partial charge in [-0.3, -0.25) is 14.5 Å². The van der Waals surface area contributed by atoms with Gasteiger partial charge in [-0.05, 0) is 50.1 Å². The Balaban J connectivity index is 1.56. The van der Waals surface area contributed by atoms with Gasteiger partial charge in [0.05, 0.1) is 36.8 Å². The van der Waals surface area contributed by atoms with Crippen LogP contribution in [-0.4, -0.2) is 68.3 Å². The van der Waals surface area contributed by atoms with E-state index in [9.17, 15) is 9.59 Å². The van der Waals surface area contributed by atoms with Crippen molar-refractivity contribution in [3.63, 3.8) is 0 Å². The summed E-state index contributed by atoms with van der Waals surface area (Å²) in [7, 11) is 0. The van der Waals surface area contributed by atoms with Gasteiger partial charge in [0.1, 0.15) is 12.2 Å². The number of rotatable bonds is 10. The zero-order chi connectivity index (χ0) is 26.6. The van der Waals surface area contributed by atoms with Crippen LogP contribution in [0, 0.1) is 6.92 Å². The quantitative estimate of drug-likeness (QED) is 0.370. The molecule has 0 saturated carbocycles. The summed E-state index contributed by atoms with van der Waals surface area (Å²) in [4.78, 5) is 31.7. The minimum Gasteiger partial charge on any atom is -0.490 e. The molecule has 0 spiro atoms. The molecule has 1 aromatic heterocycles. The van der Waals surface area contributed by atoms with Gasteiger partial charge in [0.25, 0.3) is 5.91 Å². The van der Waals surface area contributed by atoms with Crippen molar-refractivity contribution in [1.29, 1.82) is 0 Å². The van der Waals surface area contributed by atoms with Gasteiger partial charge in [0, 0.05) is 26.2 Å². The molecule has 3 aromatic rings. The van der Waals surface area contributed by atoms with E-state index in [4.69, 9.17) is 18.6 Å². The van der Waals surface area contributed by atoms with Crippen molar-refractivity contribution in [3.8, 4) is 11.5 Å². The number of benzene rings is 2. The van der Waals surface area contributed by atoms with Crippen LogP contribution < -0.4 is 14.9 Å². The Labute approximate surface area is 222 Å². The second-order valence-electron chi connectivity index (χ2n) is 9.62. The summed E-state index contributed by atoms with van der Waals surface area (Å²) in [6.07, 6.45) is 2.44. The SMILES string of the molecule is C=CCOc1ccc(C2c3c(oc4ccc(C)cc4c3=O)C(=O)N2CCCN2CCOCC2)cc1OCC. The fraction of sp³-hybridized carbons (Fsp3) is 0.400. The summed E-state index contributed by atoms with van der Waals surface area (Å²) in [6, 6.07) is 10.5. The zero-order valence-corrected chi connectivity index (χ0v) is 22.0. The molecule has 0 aliphatic carbocycles. The van der Waals surface area contributed by atoms with Gasteiger partial charge in [0.2, 0.25) is 5.76 Å². The van der Waals surface area contributed by atoms with E-state index in [-0.39, 0.29) is 17.1 Å². The molecule has 200 valence electrons. The Bertz CT molecular complexity index is 1390. The minimum atomic E-state index is -0.587. The summed E-state index contributed by atoms with van der Waals surface area (Å²) in [5, 5.41) is 0.479. The molecule has 1 atom stereocenters. The second kappa shape index (κ2) is 11.4. The molecule has 2 aliphatic heterocycles. The van der Waals surface area contributed by atoms with E-state index in [2.05, 4.69) is 11.5 Å². The van der Waals surface area contributed by atoms with Crippen LogP contribution in [0.2, 0.25) is 0 Å². The molecular formula is C30H34N2O6. The molecule has 8 heteroatoms. The largest absolute Gasteiger partial charge is 0.490 e. The first kappa shape index (κ1) is 26.0. The van der Waals surface area contributed by atoms with Crippen molar-refractivity contribution < 1.29 is 23.4 Å². The first-order valence-corrected chi connectivity index (χ1v) is 13.2. The van der Waals surface area contributed by atoms with Crippen molar-refractivity contribution >= 4 is 16.9 Å². The van der Waals surface area contributed by atoms with Crippen LogP contribution in [0.1, 0.15) is 46.6 Å². The van der Waals surface area contributed by atoms with Crippen molar-refractivity contribution in [3.05, 3.63) is 81.7 Å². The second-order valence-corrected chi connectivity index (χ2v) is 9.62. The smallest absolute Gasteiger partial charge is 0.290 e. The van der Waals surface area contributed by atoms with E-state index in [1.54, 1.807) is 17.0 Å². The molecule has 0 radical (unpaired) electrons. The first-order valence-electron chi connectivity index (χ1n) is 13.2. The van der Waals surface area contributed by atoms with E-state index in [0.29, 0.717) is 47.8 Å². The number of carbonyl (C=O) groups is 1. The highest BCUT2D eigenvalue weighted by Crippen LogP contribution is 2.41. The van der Waals surface area contributed by atoms with Gasteiger partial charge in [-0.15, -0.1) is 0 Å². The van der Waals surface area contributed by atoms with Crippen molar-refractivity contribution in [2.45, 2.75) is 26.3 Å². The molecule has 38 heavy (non-hydrogen) atoms. The maximum Gasteiger partial charge on any atom is 0.290 e. The fourth-order valence-electron chi connectivity index (χ4n) is 5.23. The van der Waals surface area contributed by atoms with Gasteiger partial charge in [-0.25, -0.2) is 0 Å². The number of nitrogens with zero attached hydrogens (tertiary/aromatic N) is 2. The molecule has 5 rings (SSSR count). The highest BCUT2D eigenvalue weighted by Gasteiger charge is 2.42. The van der Waals surface area contributed by atoms with Crippen molar-refractivity contribution in [2.24, 2.45) is 0 Å². The lowest BCUT2D eigenvalue weighted by molar-refractivity contribution is 0.0353.